The third-order valence-corrected chi connectivity index (χ3v) is 3.52. The molecule has 120 valence electrons. The van der Waals surface area contributed by atoms with Crippen molar-refractivity contribution in [3.05, 3.63) is 42.5 Å². The van der Waals surface area contributed by atoms with E-state index in [1.54, 1.807) is 37.1 Å². The molecular formula is C16H19N5O2. The lowest BCUT2D eigenvalue weighted by molar-refractivity contribution is 0.415. The largest absolute Gasteiger partial charge is 0.493 e. The first-order valence-electron chi connectivity index (χ1n) is 7.36. The van der Waals surface area contributed by atoms with Crippen LogP contribution in [0.1, 0.15) is 24.6 Å². The molecule has 0 unspecified atom stereocenters. The Kier molecular flexibility index (Phi) is 4.27. The van der Waals surface area contributed by atoms with Crippen molar-refractivity contribution < 1.29 is 9.47 Å². The van der Waals surface area contributed by atoms with E-state index in [9.17, 15) is 0 Å². The number of methoxy groups -OCH3 is 2. The SMILES string of the molecule is COc1cccn2nc(C3CC3)nc12.COc1cccnc1N. The van der Waals surface area contributed by atoms with Gasteiger partial charge in [0.25, 0.3) is 0 Å². The van der Waals surface area contributed by atoms with Gasteiger partial charge in [0.2, 0.25) is 0 Å². The summed E-state index contributed by atoms with van der Waals surface area (Å²) < 4.78 is 11.9. The quantitative estimate of drug-likeness (QED) is 0.798. The van der Waals surface area contributed by atoms with Gasteiger partial charge in [-0.3, -0.25) is 0 Å². The molecule has 3 heterocycles. The predicted molar refractivity (Wildman–Crippen MR) is 86.7 cm³/mol. The monoisotopic (exact) mass is 313 g/mol. The molecule has 3 aromatic rings. The molecule has 7 heteroatoms. The van der Waals surface area contributed by atoms with E-state index in [1.165, 1.54) is 12.8 Å². The molecule has 1 aliphatic rings. The third kappa shape index (κ3) is 3.33. The molecule has 0 saturated heterocycles. The van der Waals surface area contributed by atoms with Gasteiger partial charge in [0.1, 0.15) is 0 Å². The van der Waals surface area contributed by atoms with Gasteiger partial charge in [0.15, 0.2) is 28.8 Å². The summed E-state index contributed by atoms with van der Waals surface area (Å²) in [4.78, 5) is 8.28. The Morgan fingerprint density at radius 3 is 2.48 bits per heavy atom. The highest BCUT2D eigenvalue weighted by molar-refractivity contribution is 5.53. The maximum absolute atomic E-state index is 5.39. The van der Waals surface area contributed by atoms with Crippen LogP contribution in [0.25, 0.3) is 5.65 Å². The van der Waals surface area contributed by atoms with Gasteiger partial charge in [-0.25, -0.2) is 14.5 Å². The minimum atomic E-state index is 0.431. The highest BCUT2D eigenvalue weighted by Gasteiger charge is 2.28. The molecular weight excluding hydrogens is 294 g/mol. The van der Waals surface area contributed by atoms with Gasteiger partial charge in [-0.1, -0.05) is 0 Å². The predicted octanol–water partition coefficient (Wildman–Crippen LogP) is 2.29. The van der Waals surface area contributed by atoms with E-state index in [-0.39, 0.29) is 0 Å². The summed E-state index contributed by atoms with van der Waals surface area (Å²) in [6.45, 7) is 0. The Labute approximate surface area is 134 Å². The molecule has 0 atom stereocenters. The van der Waals surface area contributed by atoms with Gasteiger partial charge in [0.05, 0.1) is 14.2 Å². The van der Waals surface area contributed by atoms with Gasteiger partial charge < -0.3 is 15.2 Å². The normalized spacial score (nSPS) is 13.3. The standard InChI is InChI=1S/C10H11N3O.C6H8N2O/c1-14-8-3-2-6-13-10(8)11-9(12-13)7-4-5-7;1-9-5-3-2-4-8-6(5)7/h2-3,6-7H,4-5H2,1H3;2-4H,1H3,(H2,7,8). The topological polar surface area (TPSA) is 87.6 Å². The van der Waals surface area contributed by atoms with Crippen LogP contribution >= 0.6 is 0 Å². The summed E-state index contributed by atoms with van der Waals surface area (Å²) in [6.07, 6.45) is 5.97. The summed E-state index contributed by atoms with van der Waals surface area (Å²) in [5.41, 5.74) is 6.21. The van der Waals surface area contributed by atoms with Crippen molar-refractivity contribution >= 4 is 11.5 Å². The Bertz CT molecular complexity index is 798. The van der Waals surface area contributed by atoms with Crippen molar-refractivity contribution in [3.8, 4) is 11.5 Å². The summed E-state index contributed by atoms with van der Waals surface area (Å²) in [7, 11) is 3.22. The number of nitrogens with two attached hydrogens (primary N) is 1. The number of fused-ring (bicyclic) bond motifs is 1. The van der Waals surface area contributed by atoms with E-state index >= 15 is 0 Å². The average Bonchev–Trinajstić information content (AvgIpc) is 3.34. The van der Waals surface area contributed by atoms with Gasteiger partial charge in [-0.2, -0.15) is 5.10 Å². The van der Waals surface area contributed by atoms with E-state index in [2.05, 4.69) is 15.1 Å². The molecule has 1 fully saturated rings. The molecule has 0 bridgehead atoms. The Morgan fingerprint density at radius 1 is 1.13 bits per heavy atom. The molecule has 1 saturated carbocycles. The molecule has 1 aliphatic carbocycles. The van der Waals surface area contributed by atoms with Gasteiger partial charge in [-0.05, 0) is 37.1 Å². The highest BCUT2D eigenvalue weighted by Crippen LogP contribution is 2.38. The number of aromatic nitrogens is 4. The van der Waals surface area contributed by atoms with Crippen molar-refractivity contribution in [1.82, 2.24) is 19.6 Å². The zero-order chi connectivity index (χ0) is 16.2. The van der Waals surface area contributed by atoms with Crippen LogP contribution in [0, 0.1) is 0 Å². The van der Waals surface area contributed by atoms with Crippen LogP contribution < -0.4 is 15.2 Å². The van der Waals surface area contributed by atoms with E-state index in [1.807, 2.05) is 18.3 Å². The van der Waals surface area contributed by atoms with Crippen molar-refractivity contribution in [2.24, 2.45) is 0 Å². The maximum atomic E-state index is 5.39. The number of nitrogen functional groups attached to an aromatic ring is 1. The van der Waals surface area contributed by atoms with Crippen molar-refractivity contribution in [3.63, 3.8) is 0 Å². The van der Waals surface area contributed by atoms with Gasteiger partial charge in [-0.15, -0.1) is 0 Å². The minimum absolute atomic E-state index is 0.431. The number of hydrogen-bond donors (Lipinski definition) is 1. The number of pyridine rings is 2. The minimum Gasteiger partial charge on any atom is -0.493 e. The van der Waals surface area contributed by atoms with E-state index < -0.39 is 0 Å². The molecule has 23 heavy (non-hydrogen) atoms. The van der Waals surface area contributed by atoms with Crippen LogP contribution in [0.5, 0.6) is 11.5 Å². The molecule has 4 rings (SSSR count). The van der Waals surface area contributed by atoms with Crippen molar-refractivity contribution in [2.45, 2.75) is 18.8 Å². The maximum Gasteiger partial charge on any atom is 0.198 e. The number of anilines is 1. The Morgan fingerprint density at radius 2 is 1.87 bits per heavy atom. The summed E-state index contributed by atoms with van der Waals surface area (Å²) >= 11 is 0. The van der Waals surface area contributed by atoms with E-state index in [4.69, 9.17) is 15.2 Å². The molecule has 0 aliphatic heterocycles. The summed E-state index contributed by atoms with van der Waals surface area (Å²) in [5, 5.41) is 4.41. The first-order valence-corrected chi connectivity index (χ1v) is 7.36. The average molecular weight is 313 g/mol. The summed E-state index contributed by atoms with van der Waals surface area (Å²) in [5.74, 6) is 3.37. The highest BCUT2D eigenvalue weighted by atomic mass is 16.5. The summed E-state index contributed by atoms with van der Waals surface area (Å²) in [6, 6.07) is 7.36. The third-order valence-electron chi connectivity index (χ3n) is 3.52. The number of ether oxygens (including phenoxy) is 2. The second kappa shape index (κ2) is 6.51. The smallest absolute Gasteiger partial charge is 0.198 e. The second-order valence-electron chi connectivity index (χ2n) is 5.18. The molecule has 0 aromatic carbocycles. The molecule has 0 radical (unpaired) electrons. The first kappa shape index (κ1) is 15.1. The fraction of sp³-hybridized carbons (Fsp3) is 0.312. The molecule has 0 spiro atoms. The number of hydrogen-bond acceptors (Lipinski definition) is 6. The molecule has 2 N–H and O–H groups in total. The van der Waals surface area contributed by atoms with Crippen LogP contribution in [-0.4, -0.2) is 33.8 Å². The van der Waals surface area contributed by atoms with Crippen LogP contribution in [0.2, 0.25) is 0 Å². The van der Waals surface area contributed by atoms with Gasteiger partial charge >= 0.3 is 0 Å². The zero-order valence-electron chi connectivity index (χ0n) is 13.1. The van der Waals surface area contributed by atoms with Crippen LogP contribution in [0.4, 0.5) is 5.82 Å². The lowest BCUT2D eigenvalue weighted by Gasteiger charge is -1.99. The lowest BCUT2D eigenvalue weighted by atomic mass is 10.4. The van der Waals surface area contributed by atoms with Crippen molar-refractivity contribution in [2.75, 3.05) is 20.0 Å². The van der Waals surface area contributed by atoms with Crippen LogP contribution in [0.3, 0.4) is 0 Å². The molecule has 0 amide bonds. The van der Waals surface area contributed by atoms with Crippen LogP contribution in [0.15, 0.2) is 36.7 Å². The Balaban J connectivity index is 0.000000151. The van der Waals surface area contributed by atoms with Crippen molar-refractivity contribution in [1.29, 1.82) is 0 Å². The number of rotatable bonds is 3. The van der Waals surface area contributed by atoms with E-state index in [0.717, 1.165) is 17.2 Å². The lowest BCUT2D eigenvalue weighted by Crippen LogP contribution is -1.93. The molecule has 3 aromatic heterocycles. The molecule has 7 nitrogen and oxygen atoms in total. The zero-order valence-corrected chi connectivity index (χ0v) is 13.1. The number of nitrogens with zero attached hydrogens (tertiary/aromatic N) is 4. The van der Waals surface area contributed by atoms with Crippen LogP contribution in [-0.2, 0) is 0 Å². The fourth-order valence-corrected chi connectivity index (χ4v) is 2.15. The second-order valence-corrected chi connectivity index (χ2v) is 5.18. The fourth-order valence-electron chi connectivity index (χ4n) is 2.15. The van der Waals surface area contributed by atoms with E-state index in [0.29, 0.717) is 17.5 Å². The van der Waals surface area contributed by atoms with Gasteiger partial charge in [0, 0.05) is 18.3 Å². The first-order chi connectivity index (χ1) is 11.2. The Hall–Kier alpha value is -2.83.